The van der Waals surface area contributed by atoms with Crippen LogP contribution in [-0.4, -0.2) is 19.6 Å². The van der Waals surface area contributed by atoms with E-state index in [9.17, 15) is 4.79 Å². The third-order valence-electron chi connectivity index (χ3n) is 3.60. The topological polar surface area (TPSA) is 38.3 Å². The zero-order valence-corrected chi connectivity index (χ0v) is 11.2. The van der Waals surface area contributed by atoms with Crippen molar-refractivity contribution in [3.8, 4) is 0 Å². The van der Waals surface area contributed by atoms with Gasteiger partial charge in [-0.05, 0) is 42.9 Å². The van der Waals surface area contributed by atoms with Gasteiger partial charge in [0.15, 0.2) is 0 Å². The van der Waals surface area contributed by atoms with Crippen LogP contribution in [0, 0.1) is 5.92 Å². The minimum absolute atomic E-state index is 0.116. The normalized spacial score (nSPS) is 15.7. The SMILES string of the molecule is COC(=O)C(C)CNc1cccc2c1CCCC2. The van der Waals surface area contributed by atoms with Gasteiger partial charge in [0.1, 0.15) is 0 Å². The smallest absolute Gasteiger partial charge is 0.310 e. The number of anilines is 1. The lowest BCUT2D eigenvalue weighted by Crippen LogP contribution is -2.22. The van der Waals surface area contributed by atoms with E-state index in [1.165, 1.54) is 43.2 Å². The molecule has 0 aliphatic heterocycles. The third kappa shape index (κ3) is 2.84. The summed E-state index contributed by atoms with van der Waals surface area (Å²) in [5.41, 5.74) is 4.07. The van der Waals surface area contributed by atoms with Crippen molar-refractivity contribution in [1.29, 1.82) is 0 Å². The summed E-state index contributed by atoms with van der Waals surface area (Å²) < 4.78 is 4.73. The second-order valence-electron chi connectivity index (χ2n) is 4.96. The number of hydrogen-bond donors (Lipinski definition) is 1. The van der Waals surface area contributed by atoms with E-state index in [1.54, 1.807) is 0 Å². The van der Waals surface area contributed by atoms with Crippen LogP contribution in [0.15, 0.2) is 18.2 Å². The van der Waals surface area contributed by atoms with Crippen LogP contribution in [0.25, 0.3) is 0 Å². The highest BCUT2D eigenvalue weighted by Gasteiger charge is 2.15. The number of methoxy groups -OCH3 is 1. The molecule has 0 saturated carbocycles. The molecule has 1 aliphatic carbocycles. The fraction of sp³-hybridized carbons (Fsp3) is 0.533. The number of nitrogens with one attached hydrogen (secondary N) is 1. The summed E-state index contributed by atoms with van der Waals surface area (Å²) in [6.07, 6.45) is 4.87. The van der Waals surface area contributed by atoms with Gasteiger partial charge in [0.25, 0.3) is 0 Å². The molecule has 1 aromatic rings. The average molecular weight is 247 g/mol. The monoisotopic (exact) mass is 247 g/mol. The van der Waals surface area contributed by atoms with E-state index >= 15 is 0 Å². The molecule has 0 bridgehead atoms. The summed E-state index contributed by atoms with van der Waals surface area (Å²) in [5, 5.41) is 3.39. The van der Waals surface area contributed by atoms with Gasteiger partial charge in [-0.15, -0.1) is 0 Å². The van der Waals surface area contributed by atoms with Gasteiger partial charge in [-0.2, -0.15) is 0 Å². The van der Waals surface area contributed by atoms with Crippen molar-refractivity contribution in [3.05, 3.63) is 29.3 Å². The Kier molecular flexibility index (Phi) is 4.24. The van der Waals surface area contributed by atoms with Gasteiger partial charge in [0.2, 0.25) is 0 Å². The minimum Gasteiger partial charge on any atom is -0.469 e. The van der Waals surface area contributed by atoms with E-state index < -0.39 is 0 Å². The summed E-state index contributed by atoms with van der Waals surface area (Å²) in [6, 6.07) is 6.41. The summed E-state index contributed by atoms with van der Waals surface area (Å²) in [6.45, 7) is 2.51. The summed E-state index contributed by atoms with van der Waals surface area (Å²) >= 11 is 0. The Morgan fingerprint density at radius 1 is 1.39 bits per heavy atom. The molecule has 2 rings (SSSR count). The minimum atomic E-state index is -0.160. The maximum absolute atomic E-state index is 11.4. The molecule has 0 heterocycles. The molecule has 1 aliphatic rings. The number of hydrogen-bond acceptors (Lipinski definition) is 3. The van der Waals surface area contributed by atoms with Crippen LogP contribution >= 0.6 is 0 Å². The van der Waals surface area contributed by atoms with Crippen molar-refractivity contribution in [2.24, 2.45) is 5.92 Å². The summed E-state index contributed by atoms with van der Waals surface area (Å²) in [5.74, 6) is -0.276. The molecule has 3 heteroatoms. The fourth-order valence-corrected chi connectivity index (χ4v) is 2.49. The molecule has 1 unspecified atom stereocenters. The molecule has 0 amide bonds. The number of benzene rings is 1. The van der Waals surface area contributed by atoms with Crippen molar-refractivity contribution in [2.75, 3.05) is 19.0 Å². The summed E-state index contributed by atoms with van der Waals surface area (Å²) in [4.78, 5) is 11.4. The number of rotatable bonds is 4. The molecule has 18 heavy (non-hydrogen) atoms. The molecule has 1 N–H and O–H groups in total. The van der Waals surface area contributed by atoms with Gasteiger partial charge in [-0.1, -0.05) is 19.1 Å². The number of fused-ring (bicyclic) bond motifs is 1. The Hall–Kier alpha value is -1.51. The predicted molar refractivity (Wildman–Crippen MR) is 72.8 cm³/mol. The lowest BCUT2D eigenvalue weighted by Gasteiger charge is -2.21. The highest BCUT2D eigenvalue weighted by molar-refractivity contribution is 5.72. The number of ether oxygens (including phenoxy) is 1. The first-order valence-corrected chi connectivity index (χ1v) is 6.65. The fourth-order valence-electron chi connectivity index (χ4n) is 2.49. The van der Waals surface area contributed by atoms with Gasteiger partial charge >= 0.3 is 5.97 Å². The summed E-state index contributed by atoms with van der Waals surface area (Å²) in [7, 11) is 1.43. The Balaban J connectivity index is 2.03. The molecule has 0 saturated heterocycles. The lowest BCUT2D eigenvalue weighted by atomic mass is 9.90. The molecule has 1 atom stereocenters. The molecule has 0 radical (unpaired) electrons. The van der Waals surface area contributed by atoms with E-state index in [0.717, 1.165) is 6.42 Å². The quantitative estimate of drug-likeness (QED) is 0.831. The molecular weight excluding hydrogens is 226 g/mol. The maximum atomic E-state index is 11.4. The van der Waals surface area contributed by atoms with Crippen molar-refractivity contribution in [2.45, 2.75) is 32.6 Å². The van der Waals surface area contributed by atoms with Crippen molar-refractivity contribution < 1.29 is 9.53 Å². The first-order chi connectivity index (χ1) is 8.72. The van der Waals surface area contributed by atoms with Gasteiger partial charge in [-0.25, -0.2) is 0 Å². The Bertz CT molecular complexity index is 429. The van der Waals surface area contributed by atoms with Crippen molar-refractivity contribution >= 4 is 11.7 Å². The number of esters is 1. The van der Waals surface area contributed by atoms with Crippen LogP contribution in [0.1, 0.15) is 30.9 Å². The van der Waals surface area contributed by atoms with E-state index in [1.807, 2.05) is 6.92 Å². The van der Waals surface area contributed by atoms with Crippen LogP contribution in [-0.2, 0) is 22.4 Å². The van der Waals surface area contributed by atoms with Crippen LogP contribution in [0.4, 0.5) is 5.69 Å². The van der Waals surface area contributed by atoms with E-state index in [-0.39, 0.29) is 11.9 Å². The third-order valence-corrected chi connectivity index (χ3v) is 3.60. The highest BCUT2D eigenvalue weighted by atomic mass is 16.5. The average Bonchev–Trinajstić information content (AvgIpc) is 2.43. The van der Waals surface area contributed by atoms with Crippen molar-refractivity contribution in [1.82, 2.24) is 0 Å². The molecule has 3 nitrogen and oxygen atoms in total. The molecule has 0 aromatic heterocycles. The number of aryl methyl sites for hydroxylation is 1. The molecule has 0 fully saturated rings. The van der Waals surface area contributed by atoms with Gasteiger partial charge in [0.05, 0.1) is 13.0 Å². The van der Waals surface area contributed by atoms with Crippen LogP contribution in [0.5, 0.6) is 0 Å². The second kappa shape index (κ2) is 5.89. The first kappa shape index (κ1) is 12.9. The van der Waals surface area contributed by atoms with Crippen LogP contribution in [0.2, 0.25) is 0 Å². The molecular formula is C15H21NO2. The van der Waals surface area contributed by atoms with Crippen LogP contribution < -0.4 is 5.32 Å². The zero-order valence-electron chi connectivity index (χ0n) is 11.2. The largest absolute Gasteiger partial charge is 0.469 e. The van der Waals surface area contributed by atoms with E-state index in [4.69, 9.17) is 4.74 Å². The maximum Gasteiger partial charge on any atom is 0.310 e. The molecule has 0 spiro atoms. The van der Waals surface area contributed by atoms with E-state index in [0.29, 0.717) is 6.54 Å². The van der Waals surface area contributed by atoms with Crippen molar-refractivity contribution in [3.63, 3.8) is 0 Å². The van der Waals surface area contributed by atoms with Gasteiger partial charge in [0, 0.05) is 12.2 Å². The van der Waals surface area contributed by atoms with Crippen LogP contribution in [0.3, 0.4) is 0 Å². The standard InChI is InChI=1S/C15H21NO2/c1-11(15(17)18-2)10-16-14-9-5-7-12-6-3-4-8-13(12)14/h5,7,9,11,16H,3-4,6,8,10H2,1-2H3. The van der Waals surface area contributed by atoms with Gasteiger partial charge in [-0.3, -0.25) is 4.79 Å². The Labute approximate surface area is 109 Å². The lowest BCUT2D eigenvalue weighted by molar-refractivity contribution is -0.144. The number of carbonyl (C=O) groups excluding carboxylic acids is 1. The Morgan fingerprint density at radius 2 is 2.17 bits per heavy atom. The zero-order chi connectivity index (χ0) is 13.0. The van der Waals surface area contributed by atoms with E-state index in [2.05, 4.69) is 23.5 Å². The first-order valence-electron chi connectivity index (χ1n) is 6.65. The predicted octanol–water partition coefficient (Wildman–Crippen LogP) is 2.79. The second-order valence-corrected chi connectivity index (χ2v) is 4.96. The number of carbonyl (C=O) groups is 1. The highest BCUT2D eigenvalue weighted by Crippen LogP contribution is 2.27. The molecule has 98 valence electrons. The van der Waals surface area contributed by atoms with Gasteiger partial charge < -0.3 is 10.1 Å². The Morgan fingerprint density at radius 3 is 2.94 bits per heavy atom. The molecule has 1 aromatic carbocycles.